The first-order chi connectivity index (χ1) is 10.9. The molecule has 0 rings (SSSR count). The van der Waals surface area contributed by atoms with Gasteiger partial charge in [0.1, 0.15) is 23.7 Å². The smallest absolute Gasteiger partial charge is 0.329 e. The largest absolute Gasteiger partial charge is 0.467 e. The van der Waals surface area contributed by atoms with Crippen LogP contribution in [0.15, 0.2) is 0 Å². The number of hydrogen-bond donors (Lipinski definition) is 4. The van der Waals surface area contributed by atoms with E-state index in [1.54, 1.807) is 0 Å². The third-order valence-corrected chi connectivity index (χ3v) is 3.44. The van der Waals surface area contributed by atoms with Crippen LogP contribution >= 0.6 is 37.5 Å². The summed E-state index contributed by atoms with van der Waals surface area (Å²) in [6.45, 7) is -0.388. The average molecular weight is 483 g/mol. The summed E-state index contributed by atoms with van der Waals surface area (Å²) in [5.41, 5.74) is 0. The Hall–Kier alpha value is -0.391. The van der Waals surface area contributed by atoms with E-state index in [1.807, 2.05) is 0 Å². The Morgan fingerprint density at radius 1 is 0.958 bits per heavy atom. The molecule has 0 aromatic rings. The molecule has 0 saturated carbocycles. The number of rotatable bonds is 10. The molecule has 0 heterocycles. The molecule has 8 nitrogen and oxygen atoms in total. The second-order valence-electron chi connectivity index (χ2n) is 4.14. The number of carbonyl (C=O) groups excluding carboxylic acids is 3. The molecular weight excluding hydrogens is 462 g/mol. The van der Waals surface area contributed by atoms with Crippen LogP contribution < -0.4 is 10.6 Å². The quantitative estimate of drug-likeness (QED) is 0.178. The number of esters is 2. The summed E-state index contributed by atoms with van der Waals surface area (Å²) in [5.74, 6) is -1.33. The predicted molar refractivity (Wildman–Crippen MR) is 94.0 cm³/mol. The van der Waals surface area contributed by atoms with Crippen molar-refractivity contribution in [3.8, 4) is 0 Å². The number of carbonyl (C=O) groups is 3. The van der Waals surface area contributed by atoms with Gasteiger partial charge in [0.05, 0.1) is 20.8 Å². The number of amides is 1. The molecule has 1 amide bonds. The van der Waals surface area contributed by atoms with E-state index in [-0.39, 0.29) is 49.8 Å². The van der Waals surface area contributed by atoms with E-state index in [2.05, 4.69) is 45.4 Å². The normalized spacial score (nSPS) is 12.2. The van der Waals surface area contributed by atoms with Gasteiger partial charge in [0.25, 0.3) is 0 Å². The summed E-state index contributed by atoms with van der Waals surface area (Å²) in [6.07, 6.45) is 0. The molecule has 2 atom stereocenters. The van der Waals surface area contributed by atoms with Crippen molar-refractivity contribution in [1.29, 1.82) is 0 Å². The van der Waals surface area contributed by atoms with Crippen molar-refractivity contribution in [3.63, 3.8) is 0 Å². The van der Waals surface area contributed by atoms with Crippen molar-refractivity contribution in [2.45, 2.75) is 12.1 Å². The second-order valence-corrected chi connectivity index (χ2v) is 5.37. The van der Waals surface area contributed by atoms with Gasteiger partial charge in [-0.25, -0.2) is 9.59 Å². The molecule has 2 unspecified atom stereocenters. The van der Waals surface area contributed by atoms with Crippen LogP contribution in [0.3, 0.4) is 0 Å². The second kappa shape index (κ2) is 14.9. The van der Waals surface area contributed by atoms with Crippen molar-refractivity contribution in [2.24, 2.45) is 0 Å². The minimum atomic E-state index is -0.850. The van der Waals surface area contributed by atoms with Crippen molar-refractivity contribution < 1.29 is 48.7 Å². The van der Waals surface area contributed by atoms with Gasteiger partial charge in [-0.05, 0) is 0 Å². The monoisotopic (exact) mass is 481 g/mol. The predicted octanol–water partition coefficient (Wildman–Crippen LogP) is -1.02. The maximum atomic E-state index is 11.6. The molecule has 0 bridgehead atoms. The van der Waals surface area contributed by atoms with Gasteiger partial charge in [-0.1, -0.05) is 12.2 Å². The van der Waals surface area contributed by atoms with Crippen molar-refractivity contribution >= 4 is 60.3 Å². The van der Waals surface area contributed by atoms with E-state index in [0.29, 0.717) is 0 Å². The molecule has 0 aliphatic heterocycles. The van der Waals surface area contributed by atoms with Crippen molar-refractivity contribution in [1.82, 2.24) is 10.6 Å². The molecule has 12 heteroatoms. The van der Waals surface area contributed by atoms with Crippen LogP contribution in [0, 0.1) is 0 Å². The molecule has 1 radical (unpaired) electrons. The zero-order valence-electron chi connectivity index (χ0n) is 13.1. The number of nitrogens with one attached hydrogen (secondary N) is 2. The molecule has 24 heavy (non-hydrogen) atoms. The molecule has 139 valence electrons. The topological polar surface area (TPSA) is 103 Å². The van der Waals surface area contributed by atoms with E-state index in [0.717, 1.165) is 0 Å². The Bertz CT molecular complexity index is 403. The van der Waals surface area contributed by atoms with Crippen LogP contribution in [-0.4, -0.2) is 73.9 Å². The van der Waals surface area contributed by atoms with E-state index < -0.39 is 29.9 Å². The number of thiocarbonyl (C=S) groups is 1. The first-order valence-electron chi connectivity index (χ1n) is 6.43. The fraction of sp³-hybridized carbons (Fsp3) is 0.667. The molecule has 2 N–H and O–H groups in total. The molecule has 0 spiro atoms. The van der Waals surface area contributed by atoms with Gasteiger partial charge in [0.15, 0.2) is 0 Å². The fourth-order valence-corrected chi connectivity index (χ4v) is 2.06. The zero-order chi connectivity index (χ0) is 17.8. The minimum Gasteiger partial charge on any atom is -0.467 e. The standard InChI is InChI=1S/C12H20N2O6S3.Tc/c1-18-11(16)7(5-21)13-9(15)3-20-4-10(23)14-8(6-22)12(17)19-2;/h7-8,21-22H,3-6H2,1-2H3,(H,13,15)(H,14,23);. The van der Waals surface area contributed by atoms with Gasteiger partial charge in [-0.2, -0.15) is 25.3 Å². The van der Waals surface area contributed by atoms with E-state index in [4.69, 9.17) is 17.0 Å². The molecule has 0 aromatic heterocycles. The Balaban J connectivity index is 0. The average Bonchev–Trinajstić information content (AvgIpc) is 2.55. The molecule has 0 saturated heterocycles. The van der Waals surface area contributed by atoms with E-state index in [1.165, 1.54) is 14.2 Å². The number of methoxy groups -OCH3 is 2. The Morgan fingerprint density at radius 2 is 1.42 bits per heavy atom. The van der Waals surface area contributed by atoms with Crippen LogP contribution in [0.2, 0.25) is 0 Å². The van der Waals surface area contributed by atoms with Crippen LogP contribution in [0.1, 0.15) is 0 Å². The van der Waals surface area contributed by atoms with Gasteiger partial charge in [-0.15, -0.1) is 0 Å². The van der Waals surface area contributed by atoms with Crippen LogP contribution in [-0.2, 0) is 48.7 Å². The SMILES string of the molecule is COC(=O)C(CS)NC(=O)COCC(=S)NC(CS)C(=O)OC.[Tc]. The third-order valence-electron chi connectivity index (χ3n) is 2.47. The summed E-state index contributed by atoms with van der Waals surface area (Å²) in [6, 6.07) is -1.54. The molecule has 0 fully saturated rings. The Labute approximate surface area is 170 Å². The Kier molecular flexibility index (Phi) is 16.1. The first kappa shape index (κ1) is 25.8. The Morgan fingerprint density at radius 3 is 1.83 bits per heavy atom. The van der Waals surface area contributed by atoms with Crippen molar-refractivity contribution in [2.75, 3.05) is 38.9 Å². The van der Waals surface area contributed by atoms with Gasteiger partial charge >= 0.3 is 11.9 Å². The molecule has 0 aliphatic carbocycles. The summed E-state index contributed by atoms with van der Waals surface area (Å²) < 4.78 is 14.2. The summed E-state index contributed by atoms with van der Waals surface area (Å²) in [7, 11) is 2.47. The van der Waals surface area contributed by atoms with Crippen molar-refractivity contribution in [3.05, 3.63) is 0 Å². The van der Waals surface area contributed by atoms with Gasteiger partial charge in [0.2, 0.25) is 5.91 Å². The van der Waals surface area contributed by atoms with E-state index in [9.17, 15) is 14.4 Å². The van der Waals surface area contributed by atoms with Gasteiger partial charge in [-0.3, -0.25) is 4.79 Å². The maximum absolute atomic E-state index is 11.6. The van der Waals surface area contributed by atoms with Crippen LogP contribution in [0.5, 0.6) is 0 Å². The zero-order valence-corrected chi connectivity index (χ0v) is 17.6. The maximum Gasteiger partial charge on any atom is 0.329 e. The first-order valence-corrected chi connectivity index (χ1v) is 8.10. The summed E-state index contributed by atoms with van der Waals surface area (Å²) in [5, 5.41) is 5.11. The molecule has 0 aliphatic rings. The molecule has 0 aromatic carbocycles. The van der Waals surface area contributed by atoms with Crippen LogP contribution in [0.25, 0.3) is 0 Å². The fourth-order valence-electron chi connectivity index (χ4n) is 1.35. The van der Waals surface area contributed by atoms with Gasteiger partial charge < -0.3 is 24.8 Å². The summed E-state index contributed by atoms with van der Waals surface area (Å²) in [4.78, 5) is 34.5. The minimum absolute atomic E-state index is 0. The number of hydrogen-bond acceptors (Lipinski definition) is 9. The molecular formula is C12H20N2O6S3Tc. The van der Waals surface area contributed by atoms with Gasteiger partial charge in [0, 0.05) is 31.6 Å². The number of thiol groups is 2. The number of ether oxygens (including phenoxy) is 3. The van der Waals surface area contributed by atoms with E-state index >= 15 is 0 Å². The third kappa shape index (κ3) is 10.5. The summed E-state index contributed by atoms with van der Waals surface area (Å²) >= 11 is 12.9. The van der Waals surface area contributed by atoms with Crippen LogP contribution in [0.4, 0.5) is 0 Å².